The van der Waals surface area contributed by atoms with E-state index < -0.39 is 0 Å². The lowest BCUT2D eigenvalue weighted by atomic mass is 9.93. The van der Waals surface area contributed by atoms with Crippen molar-refractivity contribution in [1.29, 1.82) is 0 Å². The smallest absolute Gasteiger partial charge is 0.241 e. The van der Waals surface area contributed by atoms with E-state index in [1.54, 1.807) is 10.9 Å². The molecule has 1 aromatic heterocycles. The summed E-state index contributed by atoms with van der Waals surface area (Å²) in [4.78, 5) is 12.1. The SMILES string of the molecule is O=C(Cn1ncc2ccccc21)NC1CCC(O)CC1. The van der Waals surface area contributed by atoms with Crippen LogP contribution < -0.4 is 5.32 Å². The van der Waals surface area contributed by atoms with Crippen LogP contribution in [0.3, 0.4) is 0 Å². The van der Waals surface area contributed by atoms with Crippen LogP contribution in [0.1, 0.15) is 25.7 Å². The lowest BCUT2D eigenvalue weighted by Gasteiger charge is -2.26. The van der Waals surface area contributed by atoms with E-state index in [1.165, 1.54) is 0 Å². The minimum Gasteiger partial charge on any atom is -0.393 e. The quantitative estimate of drug-likeness (QED) is 0.889. The number of hydrogen-bond acceptors (Lipinski definition) is 3. The van der Waals surface area contributed by atoms with Gasteiger partial charge in [-0.1, -0.05) is 18.2 Å². The van der Waals surface area contributed by atoms with E-state index in [-0.39, 0.29) is 24.6 Å². The molecule has 1 aliphatic rings. The highest BCUT2D eigenvalue weighted by Gasteiger charge is 2.21. The molecule has 0 atom stereocenters. The summed E-state index contributed by atoms with van der Waals surface area (Å²) < 4.78 is 1.72. The standard InChI is InChI=1S/C15H19N3O2/c19-13-7-5-12(6-8-13)17-15(20)10-18-14-4-2-1-3-11(14)9-16-18/h1-4,9,12-13,19H,5-8,10H2,(H,17,20). The topological polar surface area (TPSA) is 67.2 Å². The van der Waals surface area contributed by atoms with Crippen molar-refractivity contribution in [2.45, 2.75) is 44.4 Å². The van der Waals surface area contributed by atoms with Crippen LogP contribution in [0.15, 0.2) is 30.5 Å². The normalized spacial score (nSPS) is 22.9. The predicted molar refractivity (Wildman–Crippen MR) is 76.1 cm³/mol. The Balaban J connectivity index is 1.61. The third-order valence-electron chi connectivity index (χ3n) is 3.91. The summed E-state index contributed by atoms with van der Waals surface area (Å²) in [7, 11) is 0. The second-order valence-electron chi connectivity index (χ2n) is 5.43. The number of hydrogen-bond donors (Lipinski definition) is 2. The largest absolute Gasteiger partial charge is 0.393 e. The van der Waals surface area contributed by atoms with E-state index in [2.05, 4.69) is 10.4 Å². The molecule has 1 aliphatic carbocycles. The summed E-state index contributed by atoms with van der Waals surface area (Å²) in [6, 6.07) is 8.04. The van der Waals surface area contributed by atoms with E-state index in [4.69, 9.17) is 0 Å². The Morgan fingerprint density at radius 2 is 2.05 bits per heavy atom. The maximum Gasteiger partial charge on any atom is 0.241 e. The van der Waals surface area contributed by atoms with E-state index in [1.807, 2.05) is 24.3 Å². The first-order valence-electron chi connectivity index (χ1n) is 7.10. The van der Waals surface area contributed by atoms with Gasteiger partial charge in [0.15, 0.2) is 0 Å². The molecular formula is C15H19N3O2. The number of aliphatic hydroxyl groups is 1. The van der Waals surface area contributed by atoms with Gasteiger partial charge in [0.25, 0.3) is 0 Å². The van der Waals surface area contributed by atoms with Crippen molar-refractivity contribution in [2.75, 3.05) is 0 Å². The van der Waals surface area contributed by atoms with Crippen molar-refractivity contribution < 1.29 is 9.90 Å². The van der Waals surface area contributed by atoms with Gasteiger partial charge in [0.05, 0.1) is 17.8 Å². The molecule has 1 fully saturated rings. The average molecular weight is 273 g/mol. The summed E-state index contributed by atoms with van der Waals surface area (Å²) in [5.74, 6) is -0.0137. The van der Waals surface area contributed by atoms with E-state index in [9.17, 15) is 9.90 Å². The monoisotopic (exact) mass is 273 g/mol. The summed E-state index contributed by atoms with van der Waals surface area (Å²) in [6.45, 7) is 0.243. The molecule has 5 heteroatoms. The molecule has 1 aromatic carbocycles. The van der Waals surface area contributed by atoms with Gasteiger partial charge in [-0.25, -0.2) is 0 Å². The van der Waals surface area contributed by atoms with Crippen molar-refractivity contribution in [3.05, 3.63) is 30.5 Å². The van der Waals surface area contributed by atoms with Gasteiger partial charge in [-0.05, 0) is 31.7 Å². The lowest BCUT2D eigenvalue weighted by Crippen LogP contribution is -2.40. The molecule has 20 heavy (non-hydrogen) atoms. The van der Waals surface area contributed by atoms with Gasteiger partial charge < -0.3 is 10.4 Å². The maximum absolute atomic E-state index is 12.1. The Morgan fingerprint density at radius 3 is 2.85 bits per heavy atom. The number of aliphatic hydroxyl groups excluding tert-OH is 1. The zero-order valence-electron chi connectivity index (χ0n) is 11.3. The van der Waals surface area contributed by atoms with Gasteiger partial charge in [-0.2, -0.15) is 5.10 Å². The van der Waals surface area contributed by atoms with Gasteiger partial charge in [-0.15, -0.1) is 0 Å². The molecule has 3 rings (SSSR count). The molecule has 1 saturated carbocycles. The Labute approximate surface area is 117 Å². The second kappa shape index (κ2) is 5.63. The van der Waals surface area contributed by atoms with E-state index in [0.29, 0.717) is 0 Å². The van der Waals surface area contributed by atoms with Crippen molar-refractivity contribution in [2.24, 2.45) is 0 Å². The Hall–Kier alpha value is -1.88. The first kappa shape index (κ1) is 13.1. The molecule has 1 amide bonds. The Kier molecular flexibility index (Phi) is 3.69. The van der Waals surface area contributed by atoms with Gasteiger partial charge in [0.2, 0.25) is 5.91 Å². The molecular weight excluding hydrogens is 254 g/mol. The molecule has 106 valence electrons. The van der Waals surface area contributed by atoms with Gasteiger partial charge >= 0.3 is 0 Å². The van der Waals surface area contributed by atoms with Crippen LogP contribution in [0.5, 0.6) is 0 Å². The Morgan fingerprint density at radius 1 is 1.30 bits per heavy atom. The molecule has 1 heterocycles. The first-order chi connectivity index (χ1) is 9.72. The Bertz CT molecular complexity index is 600. The number of amides is 1. The molecule has 2 aromatic rings. The fourth-order valence-corrected chi connectivity index (χ4v) is 2.78. The van der Waals surface area contributed by atoms with Crippen LogP contribution >= 0.6 is 0 Å². The molecule has 5 nitrogen and oxygen atoms in total. The maximum atomic E-state index is 12.1. The molecule has 0 unspecified atom stereocenters. The summed E-state index contributed by atoms with van der Waals surface area (Å²) in [6.07, 6.45) is 4.84. The number of para-hydroxylation sites is 1. The summed E-state index contributed by atoms with van der Waals surface area (Å²) in [5, 5.41) is 17.8. The molecule has 0 saturated heterocycles. The second-order valence-corrected chi connectivity index (χ2v) is 5.43. The van der Waals surface area contributed by atoms with Crippen LogP contribution in [0.4, 0.5) is 0 Å². The minimum atomic E-state index is -0.196. The number of carbonyl (C=O) groups is 1. The van der Waals surface area contributed by atoms with Crippen LogP contribution in [-0.2, 0) is 11.3 Å². The lowest BCUT2D eigenvalue weighted by molar-refractivity contribution is -0.122. The van der Waals surface area contributed by atoms with E-state index in [0.717, 1.165) is 36.6 Å². The van der Waals surface area contributed by atoms with Crippen molar-refractivity contribution in [1.82, 2.24) is 15.1 Å². The number of fused-ring (bicyclic) bond motifs is 1. The van der Waals surface area contributed by atoms with Crippen LogP contribution in [0, 0.1) is 0 Å². The minimum absolute atomic E-state index is 0.0137. The number of nitrogens with one attached hydrogen (secondary N) is 1. The number of carbonyl (C=O) groups excluding carboxylic acids is 1. The molecule has 0 spiro atoms. The van der Waals surface area contributed by atoms with Crippen molar-refractivity contribution >= 4 is 16.8 Å². The highest BCUT2D eigenvalue weighted by Crippen LogP contribution is 2.18. The predicted octanol–water partition coefficient (Wildman–Crippen LogP) is 1.46. The van der Waals surface area contributed by atoms with Gasteiger partial charge in [0.1, 0.15) is 6.54 Å². The van der Waals surface area contributed by atoms with Gasteiger partial charge in [0, 0.05) is 11.4 Å². The van der Waals surface area contributed by atoms with Crippen LogP contribution in [-0.4, -0.2) is 32.9 Å². The zero-order chi connectivity index (χ0) is 13.9. The highest BCUT2D eigenvalue weighted by molar-refractivity contribution is 5.82. The fraction of sp³-hybridized carbons (Fsp3) is 0.467. The van der Waals surface area contributed by atoms with Crippen molar-refractivity contribution in [3.63, 3.8) is 0 Å². The molecule has 0 aliphatic heterocycles. The first-order valence-corrected chi connectivity index (χ1v) is 7.10. The third-order valence-corrected chi connectivity index (χ3v) is 3.91. The summed E-state index contributed by atoms with van der Waals surface area (Å²) in [5.41, 5.74) is 0.974. The number of nitrogens with zero attached hydrogens (tertiary/aromatic N) is 2. The van der Waals surface area contributed by atoms with Crippen molar-refractivity contribution in [3.8, 4) is 0 Å². The number of aromatic nitrogens is 2. The number of benzene rings is 1. The number of rotatable bonds is 3. The van der Waals surface area contributed by atoms with Crippen LogP contribution in [0.25, 0.3) is 10.9 Å². The highest BCUT2D eigenvalue weighted by atomic mass is 16.3. The van der Waals surface area contributed by atoms with E-state index >= 15 is 0 Å². The van der Waals surface area contributed by atoms with Gasteiger partial charge in [-0.3, -0.25) is 9.48 Å². The third kappa shape index (κ3) is 2.82. The molecule has 0 radical (unpaired) electrons. The zero-order valence-corrected chi connectivity index (χ0v) is 11.3. The average Bonchev–Trinajstić information content (AvgIpc) is 2.85. The fourth-order valence-electron chi connectivity index (χ4n) is 2.78. The molecule has 2 N–H and O–H groups in total. The van der Waals surface area contributed by atoms with Crippen LogP contribution in [0.2, 0.25) is 0 Å². The summed E-state index contributed by atoms with van der Waals surface area (Å²) >= 11 is 0. The molecule has 0 bridgehead atoms.